The van der Waals surface area contributed by atoms with Crippen LogP contribution >= 0.6 is 0 Å². The molecule has 0 fully saturated rings. The molecule has 0 atom stereocenters. The highest BCUT2D eigenvalue weighted by molar-refractivity contribution is 5.57. The summed E-state index contributed by atoms with van der Waals surface area (Å²) in [6.45, 7) is 0.478. The predicted molar refractivity (Wildman–Crippen MR) is 75.3 cm³/mol. The van der Waals surface area contributed by atoms with Gasteiger partial charge >= 0.3 is 12.0 Å². The number of nitrogens with two attached hydrogens (primary N) is 1. The smallest absolute Gasteiger partial charge is 0.324 e. The summed E-state index contributed by atoms with van der Waals surface area (Å²) in [6.07, 6.45) is 0. The highest BCUT2D eigenvalue weighted by Gasteiger charge is 2.12. The molecule has 1 heterocycles. The van der Waals surface area contributed by atoms with Crippen molar-refractivity contribution in [1.29, 1.82) is 0 Å². The van der Waals surface area contributed by atoms with E-state index in [-0.39, 0.29) is 12.0 Å². The molecular formula is C13H17N5O2. The molecule has 0 aliphatic heterocycles. The molecule has 1 aromatic carbocycles. The van der Waals surface area contributed by atoms with Gasteiger partial charge in [-0.15, -0.1) is 4.98 Å². The molecule has 0 amide bonds. The summed E-state index contributed by atoms with van der Waals surface area (Å²) in [5, 5.41) is 0. The molecule has 7 heteroatoms. The molecule has 106 valence electrons. The Labute approximate surface area is 117 Å². The first-order valence-corrected chi connectivity index (χ1v) is 6.04. The lowest BCUT2D eigenvalue weighted by atomic mass is 10.2. The average Bonchev–Trinajstić information content (AvgIpc) is 2.53. The molecule has 0 aliphatic carbocycles. The Kier molecular flexibility index (Phi) is 4.31. The minimum absolute atomic E-state index is 0.202. The maximum absolute atomic E-state index is 5.65. The Bertz CT molecular complexity index is 568. The van der Waals surface area contributed by atoms with E-state index in [4.69, 9.17) is 15.2 Å². The van der Waals surface area contributed by atoms with Gasteiger partial charge in [-0.1, -0.05) is 12.1 Å². The van der Waals surface area contributed by atoms with Crippen molar-refractivity contribution in [1.82, 2.24) is 15.0 Å². The normalized spacial score (nSPS) is 10.2. The SMILES string of the molecule is COc1nc(OC)nc(N(C)c2cccc(CN)c2)n1. The number of nitrogens with zero attached hydrogens (tertiary/aromatic N) is 4. The molecule has 1 aromatic heterocycles. The fourth-order valence-electron chi connectivity index (χ4n) is 1.67. The summed E-state index contributed by atoms with van der Waals surface area (Å²) < 4.78 is 10.1. The van der Waals surface area contributed by atoms with Crippen molar-refractivity contribution in [3.63, 3.8) is 0 Å². The number of rotatable bonds is 5. The topological polar surface area (TPSA) is 86.4 Å². The highest BCUT2D eigenvalue weighted by atomic mass is 16.5. The lowest BCUT2D eigenvalue weighted by molar-refractivity contribution is 0.340. The maximum Gasteiger partial charge on any atom is 0.324 e. The van der Waals surface area contributed by atoms with E-state index >= 15 is 0 Å². The minimum Gasteiger partial charge on any atom is -0.467 e. The van der Waals surface area contributed by atoms with Gasteiger partial charge in [-0.05, 0) is 17.7 Å². The largest absolute Gasteiger partial charge is 0.467 e. The second-order valence-electron chi connectivity index (χ2n) is 4.04. The molecule has 0 saturated carbocycles. The fraction of sp³-hybridized carbons (Fsp3) is 0.308. The van der Waals surface area contributed by atoms with E-state index in [1.807, 2.05) is 36.2 Å². The molecule has 0 aliphatic rings. The van der Waals surface area contributed by atoms with Crippen LogP contribution in [-0.2, 0) is 6.54 Å². The summed E-state index contributed by atoms with van der Waals surface area (Å²) in [4.78, 5) is 14.2. The molecule has 0 spiro atoms. The van der Waals surface area contributed by atoms with Crippen molar-refractivity contribution >= 4 is 11.6 Å². The van der Waals surface area contributed by atoms with Crippen LogP contribution in [0, 0.1) is 0 Å². The van der Waals surface area contributed by atoms with Gasteiger partial charge in [-0.3, -0.25) is 0 Å². The highest BCUT2D eigenvalue weighted by Crippen LogP contribution is 2.23. The summed E-state index contributed by atoms with van der Waals surface area (Å²) >= 11 is 0. The number of hydrogen-bond donors (Lipinski definition) is 1. The Balaban J connectivity index is 2.38. The van der Waals surface area contributed by atoms with Gasteiger partial charge in [-0.2, -0.15) is 9.97 Å². The van der Waals surface area contributed by atoms with Crippen LogP contribution < -0.4 is 20.1 Å². The first-order valence-electron chi connectivity index (χ1n) is 6.04. The molecule has 0 unspecified atom stereocenters. The van der Waals surface area contributed by atoms with Gasteiger partial charge in [0, 0.05) is 19.3 Å². The van der Waals surface area contributed by atoms with Crippen molar-refractivity contribution in [3.8, 4) is 12.0 Å². The second kappa shape index (κ2) is 6.16. The van der Waals surface area contributed by atoms with Crippen LogP contribution in [0.15, 0.2) is 24.3 Å². The Morgan fingerprint density at radius 2 is 1.75 bits per heavy atom. The average molecular weight is 275 g/mol. The molecule has 2 rings (SSSR count). The lowest BCUT2D eigenvalue weighted by Crippen LogP contribution is -2.15. The zero-order valence-corrected chi connectivity index (χ0v) is 11.7. The summed E-state index contributed by atoms with van der Waals surface area (Å²) in [5.74, 6) is 0.433. The summed E-state index contributed by atoms with van der Waals surface area (Å²) in [5.41, 5.74) is 7.60. The quantitative estimate of drug-likeness (QED) is 0.874. The molecule has 0 saturated heterocycles. The van der Waals surface area contributed by atoms with E-state index in [0.717, 1.165) is 11.3 Å². The second-order valence-corrected chi connectivity index (χ2v) is 4.04. The van der Waals surface area contributed by atoms with E-state index in [0.29, 0.717) is 12.5 Å². The third kappa shape index (κ3) is 2.94. The molecule has 7 nitrogen and oxygen atoms in total. The van der Waals surface area contributed by atoms with Crippen molar-refractivity contribution in [3.05, 3.63) is 29.8 Å². The predicted octanol–water partition coefficient (Wildman–Crippen LogP) is 1.12. The third-order valence-corrected chi connectivity index (χ3v) is 2.78. The molecule has 0 radical (unpaired) electrons. The number of hydrogen-bond acceptors (Lipinski definition) is 7. The zero-order valence-electron chi connectivity index (χ0n) is 11.7. The van der Waals surface area contributed by atoms with Crippen LogP contribution in [0.4, 0.5) is 11.6 Å². The van der Waals surface area contributed by atoms with E-state index in [9.17, 15) is 0 Å². The van der Waals surface area contributed by atoms with Gasteiger partial charge in [0.25, 0.3) is 0 Å². The molecule has 2 N–H and O–H groups in total. The zero-order chi connectivity index (χ0) is 14.5. The third-order valence-electron chi connectivity index (χ3n) is 2.78. The first-order chi connectivity index (χ1) is 9.67. The Hall–Kier alpha value is -2.41. The van der Waals surface area contributed by atoms with Crippen LogP contribution in [0.2, 0.25) is 0 Å². The van der Waals surface area contributed by atoms with E-state index in [2.05, 4.69) is 15.0 Å². The molecular weight excluding hydrogens is 258 g/mol. The Morgan fingerprint density at radius 3 is 2.30 bits per heavy atom. The molecule has 0 bridgehead atoms. The van der Waals surface area contributed by atoms with Crippen molar-refractivity contribution in [2.24, 2.45) is 5.73 Å². The Morgan fingerprint density at radius 1 is 1.10 bits per heavy atom. The standard InChI is InChI=1S/C13H17N5O2/c1-18(10-6-4-5-9(7-10)8-14)11-15-12(19-2)17-13(16-11)20-3/h4-7H,8,14H2,1-3H3. The van der Waals surface area contributed by atoms with Crippen LogP contribution in [0.5, 0.6) is 12.0 Å². The van der Waals surface area contributed by atoms with Gasteiger partial charge in [0.1, 0.15) is 0 Å². The van der Waals surface area contributed by atoms with Gasteiger partial charge in [0.2, 0.25) is 5.95 Å². The molecule has 20 heavy (non-hydrogen) atoms. The van der Waals surface area contributed by atoms with Crippen LogP contribution in [0.3, 0.4) is 0 Å². The fourth-order valence-corrected chi connectivity index (χ4v) is 1.67. The van der Waals surface area contributed by atoms with Crippen LogP contribution in [-0.4, -0.2) is 36.2 Å². The lowest BCUT2D eigenvalue weighted by Gasteiger charge is -2.18. The van der Waals surface area contributed by atoms with E-state index in [1.165, 1.54) is 14.2 Å². The number of ether oxygens (including phenoxy) is 2. The minimum atomic E-state index is 0.202. The van der Waals surface area contributed by atoms with E-state index < -0.39 is 0 Å². The van der Waals surface area contributed by atoms with Gasteiger partial charge in [0.05, 0.1) is 14.2 Å². The first kappa shape index (κ1) is 14.0. The van der Waals surface area contributed by atoms with Gasteiger partial charge in [0.15, 0.2) is 0 Å². The van der Waals surface area contributed by atoms with Crippen molar-refractivity contribution in [2.45, 2.75) is 6.54 Å². The summed E-state index contributed by atoms with van der Waals surface area (Å²) in [7, 11) is 4.84. The number of benzene rings is 1. The number of aromatic nitrogens is 3. The maximum atomic E-state index is 5.65. The van der Waals surface area contributed by atoms with Crippen LogP contribution in [0.1, 0.15) is 5.56 Å². The van der Waals surface area contributed by atoms with Gasteiger partial charge < -0.3 is 20.1 Å². The number of anilines is 2. The molecule has 2 aromatic rings. The van der Waals surface area contributed by atoms with E-state index in [1.54, 1.807) is 0 Å². The van der Waals surface area contributed by atoms with Crippen molar-refractivity contribution in [2.75, 3.05) is 26.2 Å². The van der Waals surface area contributed by atoms with Crippen molar-refractivity contribution < 1.29 is 9.47 Å². The monoisotopic (exact) mass is 275 g/mol. The van der Waals surface area contributed by atoms with Crippen LogP contribution in [0.25, 0.3) is 0 Å². The number of methoxy groups -OCH3 is 2. The summed E-state index contributed by atoms with van der Waals surface area (Å²) in [6, 6.07) is 8.22. The van der Waals surface area contributed by atoms with Gasteiger partial charge in [-0.25, -0.2) is 0 Å².